The number of nitrogens with zero attached hydrogens (tertiary/aromatic N) is 5. The fourth-order valence-corrected chi connectivity index (χ4v) is 6.36. The first kappa shape index (κ1) is 19.4. The summed E-state index contributed by atoms with van der Waals surface area (Å²) in [4.78, 5) is 14.1. The molecular weight excluding hydrogens is 414 g/mol. The molecule has 2 aliphatic heterocycles. The Labute approximate surface area is 177 Å². The lowest BCUT2D eigenvalue weighted by molar-refractivity contribution is 0.0786. The Morgan fingerprint density at radius 2 is 2.39 bits per heavy atom. The molecule has 144 valence electrons. The van der Waals surface area contributed by atoms with Crippen LogP contribution in [0.15, 0.2) is 40.4 Å². The van der Waals surface area contributed by atoms with Crippen LogP contribution < -0.4 is 0 Å². The van der Waals surface area contributed by atoms with Gasteiger partial charge in [0, 0.05) is 36.3 Å². The van der Waals surface area contributed by atoms with Gasteiger partial charge in [0.2, 0.25) is 0 Å². The molecule has 9 heteroatoms. The summed E-state index contributed by atoms with van der Waals surface area (Å²) in [6.07, 6.45) is 9.91. The molecule has 28 heavy (non-hydrogen) atoms. The van der Waals surface area contributed by atoms with Crippen LogP contribution in [0.2, 0.25) is 5.02 Å². The Balaban J connectivity index is 1.51. The van der Waals surface area contributed by atoms with Crippen molar-refractivity contribution < 1.29 is 4.84 Å². The van der Waals surface area contributed by atoms with Crippen LogP contribution in [0, 0.1) is 11.3 Å². The van der Waals surface area contributed by atoms with Gasteiger partial charge in [0.1, 0.15) is 17.9 Å². The molecule has 0 radical (unpaired) electrons. The van der Waals surface area contributed by atoms with E-state index in [-0.39, 0.29) is 11.4 Å². The molecule has 0 aromatic carbocycles. The first-order chi connectivity index (χ1) is 13.7. The van der Waals surface area contributed by atoms with E-state index in [4.69, 9.17) is 16.4 Å². The summed E-state index contributed by atoms with van der Waals surface area (Å²) in [5, 5.41) is 14.5. The zero-order valence-electron chi connectivity index (χ0n) is 15.2. The lowest BCUT2D eigenvalue weighted by Crippen LogP contribution is -2.08. The molecule has 6 nitrogen and oxygen atoms in total. The monoisotopic (exact) mass is 431 g/mol. The van der Waals surface area contributed by atoms with Crippen LogP contribution in [-0.2, 0) is 4.84 Å². The Hall–Kier alpha value is -1.95. The van der Waals surface area contributed by atoms with E-state index in [2.05, 4.69) is 28.1 Å². The Kier molecular flexibility index (Phi) is 5.95. The first-order valence-electron chi connectivity index (χ1n) is 9.00. The minimum atomic E-state index is 0.100. The maximum Gasteiger partial charge on any atom is 0.145 e. The summed E-state index contributed by atoms with van der Waals surface area (Å²) in [5.74, 6) is 0.814. The Morgan fingerprint density at radius 3 is 3.11 bits per heavy atom. The number of halogens is 1. The molecule has 0 saturated carbocycles. The molecule has 2 aliphatic rings. The van der Waals surface area contributed by atoms with Crippen molar-refractivity contribution in [3.63, 3.8) is 0 Å². The van der Waals surface area contributed by atoms with Gasteiger partial charge >= 0.3 is 0 Å². The number of allylic oxidation sites excluding steroid dienone is 1. The van der Waals surface area contributed by atoms with Gasteiger partial charge in [-0.25, -0.2) is 4.98 Å². The molecule has 2 atom stereocenters. The quantitative estimate of drug-likeness (QED) is 0.613. The van der Waals surface area contributed by atoms with Gasteiger partial charge in [-0.1, -0.05) is 30.1 Å². The van der Waals surface area contributed by atoms with Crippen molar-refractivity contribution >= 4 is 46.5 Å². The molecule has 1 saturated heterocycles. The highest BCUT2D eigenvalue weighted by Gasteiger charge is 2.29. The van der Waals surface area contributed by atoms with E-state index in [1.807, 2.05) is 12.3 Å². The van der Waals surface area contributed by atoms with Crippen molar-refractivity contribution in [2.75, 3.05) is 5.75 Å². The van der Waals surface area contributed by atoms with Crippen LogP contribution >= 0.6 is 35.1 Å². The summed E-state index contributed by atoms with van der Waals surface area (Å²) in [5.41, 5.74) is 3.24. The van der Waals surface area contributed by atoms with E-state index in [1.54, 1.807) is 46.8 Å². The van der Waals surface area contributed by atoms with Gasteiger partial charge in [0.05, 0.1) is 32.2 Å². The maximum atomic E-state index is 9.54. The molecule has 2 unspecified atom stereocenters. The van der Waals surface area contributed by atoms with Gasteiger partial charge < -0.3 is 4.84 Å². The second kappa shape index (κ2) is 8.60. The van der Waals surface area contributed by atoms with E-state index in [0.717, 1.165) is 46.2 Å². The third-order valence-electron chi connectivity index (χ3n) is 4.53. The molecule has 0 N–H and O–H groups in total. The minimum absolute atomic E-state index is 0.100. The zero-order chi connectivity index (χ0) is 19.5. The maximum absolute atomic E-state index is 9.54. The van der Waals surface area contributed by atoms with Gasteiger partial charge in [0.15, 0.2) is 0 Å². The van der Waals surface area contributed by atoms with Crippen molar-refractivity contribution in [3.05, 3.63) is 51.5 Å². The number of hydrogen-bond donors (Lipinski definition) is 0. The molecule has 1 fully saturated rings. The molecular formula is C19H18ClN5OS2. The number of imidazole rings is 1. The highest BCUT2D eigenvalue weighted by atomic mass is 35.5. The highest BCUT2D eigenvalue weighted by Crippen LogP contribution is 2.52. The van der Waals surface area contributed by atoms with Crippen LogP contribution in [0.25, 0.3) is 5.70 Å². The number of hydrogen-bond acceptors (Lipinski definition) is 7. The van der Waals surface area contributed by atoms with Gasteiger partial charge in [0.25, 0.3) is 0 Å². The number of rotatable bonds is 5. The number of oxime groups is 1. The Morgan fingerprint density at radius 1 is 1.50 bits per heavy atom. The van der Waals surface area contributed by atoms with Crippen LogP contribution in [0.4, 0.5) is 0 Å². The average Bonchev–Trinajstić information content (AvgIpc) is 3.45. The molecule has 0 spiro atoms. The molecule has 0 amide bonds. The Bertz CT molecular complexity index is 967. The number of nitriles is 1. The van der Waals surface area contributed by atoms with E-state index in [9.17, 15) is 5.26 Å². The van der Waals surface area contributed by atoms with Crippen LogP contribution in [0.3, 0.4) is 0 Å². The highest BCUT2D eigenvalue weighted by molar-refractivity contribution is 8.25. The van der Waals surface area contributed by atoms with Crippen molar-refractivity contribution in [2.45, 2.75) is 37.5 Å². The average molecular weight is 432 g/mol. The standard InChI is InChI=1S/C19H18ClN5OS2/c1-2-3-13-7-15(24-26-13)12-6-14(20)18(23-9-12)17-10-27-19(28-17)16(8-21)25-5-4-22-11-25/h4-6,9,11,13,17H,2-3,7,10H2,1H3/b19-16+. The van der Waals surface area contributed by atoms with Crippen LogP contribution in [0.1, 0.15) is 42.7 Å². The normalized spacial score (nSPS) is 23.2. The van der Waals surface area contributed by atoms with Gasteiger partial charge in [-0.3, -0.25) is 9.55 Å². The van der Waals surface area contributed by atoms with Crippen molar-refractivity contribution in [1.29, 1.82) is 5.26 Å². The van der Waals surface area contributed by atoms with Crippen molar-refractivity contribution in [2.24, 2.45) is 5.16 Å². The topological polar surface area (TPSA) is 76.1 Å². The third kappa shape index (κ3) is 3.93. The van der Waals surface area contributed by atoms with E-state index < -0.39 is 0 Å². The molecule has 2 aromatic rings. The SMILES string of the molecule is CCCC1CC(c2cnc(C3CS/C(=C(/C#N)n4ccnc4)S3)c(Cl)c2)=NO1. The summed E-state index contributed by atoms with van der Waals surface area (Å²) in [6.45, 7) is 2.14. The summed E-state index contributed by atoms with van der Waals surface area (Å²) < 4.78 is 2.70. The molecule has 2 aromatic heterocycles. The molecule has 0 bridgehead atoms. The fraction of sp³-hybridized carbons (Fsp3) is 0.368. The minimum Gasteiger partial charge on any atom is -0.392 e. The zero-order valence-corrected chi connectivity index (χ0v) is 17.6. The number of pyridine rings is 1. The van der Waals surface area contributed by atoms with Crippen LogP contribution in [-0.4, -0.2) is 32.1 Å². The van der Waals surface area contributed by atoms with Gasteiger partial charge in [-0.15, -0.1) is 23.5 Å². The molecule has 4 heterocycles. The summed E-state index contributed by atoms with van der Waals surface area (Å²) >= 11 is 9.84. The van der Waals surface area contributed by atoms with Gasteiger partial charge in [-0.05, 0) is 12.5 Å². The van der Waals surface area contributed by atoms with Crippen molar-refractivity contribution in [1.82, 2.24) is 14.5 Å². The number of thioether (sulfide) groups is 2. The number of aromatic nitrogens is 3. The van der Waals surface area contributed by atoms with E-state index in [0.29, 0.717) is 10.7 Å². The fourth-order valence-electron chi connectivity index (χ4n) is 3.13. The largest absolute Gasteiger partial charge is 0.392 e. The predicted octanol–water partition coefficient (Wildman–Crippen LogP) is 5.10. The van der Waals surface area contributed by atoms with E-state index in [1.165, 1.54) is 0 Å². The van der Waals surface area contributed by atoms with Crippen molar-refractivity contribution in [3.8, 4) is 6.07 Å². The van der Waals surface area contributed by atoms with Crippen LogP contribution in [0.5, 0.6) is 0 Å². The second-order valence-electron chi connectivity index (χ2n) is 6.48. The van der Waals surface area contributed by atoms with E-state index >= 15 is 0 Å². The smallest absolute Gasteiger partial charge is 0.145 e. The van der Waals surface area contributed by atoms with Gasteiger partial charge in [-0.2, -0.15) is 5.26 Å². The molecule has 0 aliphatic carbocycles. The first-order valence-corrected chi connectivity index (χ1v) is 11.2. The summed E-state index contributed by atoms with van der Waals surface area (Å²) in [7, 11) is 0. The lowest BCUT2D eigenvalue weighted by atomic mass is 10.0. The predicted molar refractivity (Wildman–Crippen MR) is 114 cm³/mol. The summed E-state index contributed by atoms with van der Waals surface area (Å²) in [6, 6.07) is 4.20. The second-order valence-corrected chi connectivity index (χ2v) is 9.39. The third-order valence-corrected chi connectivity index (χ3v) is 7.72. The molecule has 4 rings (SSSR count). The lowest BCUT2D eigenvalue weighted by Gasteiger charge is -2.11.